The predicted octanol–water partition coefficient (Wildman–Crippen LogP) is 3.13. The lowest BCUT2D eigenvalue weighted by atomic mass is 10.00. The highest BCUT2D eigenvalue weighted by Crippen LogP contribution is 2.34. The van der Waals surface area contributed by atoms with E-state index in [-0.39, 0.29) is 18.2 Å². The molecular weight excluding hydrogens is 243 g/mol. The molecule has 0 heterocycles. The van der Waals surface area contributed by atoms with Crippen LogP contribution in [0.5, 0.6) is 0 Å². The van der Waals surface area contributed by atoms with Crippen molar-refractivity contribution in [2.75, 3.05) is 6.61 Å². The average Bonchev–Trinajstić information content (AvgIpc) is 2.34. The van der Waals surface area contributed by atoms with Gasteiger partial charge in [0.2, 0.25) is 0 Å². The van der Waals surface area contributed by atoms with E-state index in [2.05, 4.69) is 5.32 Å². The lowest BCUT2D eigenvalue weighted by Gasteiger charge is -2.23. The summed E-state index contributed by atoms with van der Waals surface area (Å²) in [6.45, 7) is 3.45. The first-order chi connectivity index (χ1) is 8.40. The number of aliphatic hydroxyl groups is 1. The average molecular weight is 261 g/mol. The fraction of sp³-hybridized carbons (Fsp3) is 0.538. The van der Waals surface area contributed by atoms with Gasteiger partial charge in [-0.2, -0.15) is 13.2 Å². The Morgan fingerprint density at radius 3 is 2.39 bits per heavy atom. The molecule has 0 aliphatic carbocycles. The minimum Gasteiger partial charge on any atom is -0.395 e. The second-order valence-electron chi connectivity index (χ2n) is 4.26. The van der Waals surface area contributed by atoms with Crippen molar-refractivity contribution in [1.82, 2.24) is 5.32 Å². The van der Waals surface area contributed by atoms with Crippen molar-refractivity contribution >= 4 is 0 Å². The second kappa shape index (κ2) is 6.20. The standard InChI is InChI=1S/C13H18F3NO/c1-3-10(8-18)17-9(2)11-6-4-5-7-12(11)13(14,15)16/h4-7,9-10,17-18H,3,8H2,1-2H3. The Bertz CT molecular complexity index is 375. The Kier molecular flexibility index (Phi) is 5.16. The van der Waals surface area contributed by atoms with E-state index in [4.69, 9.17) is 5.11 Å². The third-order valence-corrected chi connectivity index (χ3v) is 2.93. The number of hydrogen-bond acceptors (Lipinski definition) is 2. The zero-order valence-corrected chi connectivity index (χ0v) is 10.5. The highest BCUT2D eigenvalue weighted by Gasteiger charge is 2.34. The van der Waals surface area contributed by atoms with Crippen molar-refractivity contribution in [3.05, 3.63) is 35.4 Å². The van der Waals surface area contributed by atoms with Gasteiger partial charge >= 0.3 is 6.18 Å². The molecule has 0 aromatic heterocycles. The minimum absolute atomic E-state index is 0.0883. The molecule has 5 heteroatoms. The van der Waals surface area contributed by atoms with Gasteiger partial charge in [0.1, 0.15) is 0 Å². The van der Waals surface area contributed by atoms with Crippen LogP contribution in [-0.2, 0) is 6.18 Å². The molecule has 2 atom stereocenters. The van der Waals surface area contributed by atoms with Gasteiger partial charge in [-0.25, -0.2) is 0 Å². The molecule has 0 fully saturated rings. The zero-order valence-electron chi connectivity index (χ0n) is 10.5. The van der Waals surface area contributed by atoms with E-state index in [1.54, 1.807) is 13.0 Å². The maximum atomic E-state index is 12.8. The van der Waals surface area contributed by atoms with Gasteiger partial charge in [0, 0.05) is 12.1 Å². The molecule has 0 saturated carbocycles. The highest BCUT2D eigenvalue weighted by atomic mass is 19.4. The molecule has 0 spiro atoms. The van der Waals surface area contributed by atoms with Gasteiger partial charge in [-0.3, -0.25) is 0 Å². The minimum atomic E-state index is -4.35. The number of hydrogen-bond donors (Lipinski definition) is 2. The van der Waals surface area contributed by atoms with Crippen LogP contribution >= 0.6 is 0 Å². The Labute approximate surface area is 105 Å². The summed E-state index contributed by atoms with van der Waals surface area (Å²) in [6, 6.07) is 4.85. The van der Waals surface area contributed by atoms with Gasteiger partial charge in [0.25, 0.3) is 0 Å². The fourth-order valence-electron chi connectivity index (χ4n) is 1.88. The fourth-order valence-corrected chi connectivity index (χ4v) is 1.88. The summed E-state index contributed by atoms with van der Waals surface area (Å²) >= 11 is 0. The molecule has 1 rings (SSSR count). The van der Waals surface area contributed by atoms with Crippen molar-refractivity contribution < 1.29 is 18.3 Å². The smallest absolute Gasteiger partial charge is 0.395 e. The largest absolute Gasteiger partial charge is 0.416 e. The molecule has 18 heavy (non-hydrogen) atoms. The Balaban J connectivity index is 2.95. The van der Waals surface area contributed by atoms with E-state index in [0.29, 0.717) is 6.42 Å². The summed E-state index contributed by atoms with van der Waals surface area (Å²) in [4.78, 5) is 0. The third kappa shape index (κ3) is 3.71. The van der Waals surface area contributed by atoms with E-state index < -0.39 is 17.8 Å². The number of halogens is 3. The molecule has 2 nitrogen and oxygen atoms in total. The first-order valence-corrected chi connectivity index (χ1v) is 5.93. The SMILES string of the molecule is CCC(CO)NC(C)c1ccccc1C(F)(F)F. The molecule has 102 valence electrons. The number of aliphatic hydroxyl groups excluding tert-OH is 1. The van der Waals surface area contributed by atoms with Crippen molar-refractivity contribution in [3.63, 3.8) is 0 Å². The number of alkyl halides is 3. The van der Waals surface area contributed by atoms with Crippen LogP contribution in [0.15, 0.2) is 24.3 Å². The van der Waals surface area contributed by atoms with E-state index in [0.717, 1.165) is 6.07 Å². The van der Waals surface area contributed by atoms with Crippen LogP contribution in [0.2, 0.25) is 0 Å². The van der Waals surface area contributed by atoms with Crippen molar-refractivity contribution in [2.45, 2.75) is 38.5 Å². The van der Waals surface area contributed by atoms with Gasteiger partial charge in [0.05, 0.1) is 12.2 Å². The summed E-state index contributed by atoms with van der Waals surface area (Å²) in [5.74, 6) is 0. The monoisotopic (exact) mass is 261 g/mol. The summed E-state index contributed by atoms with van der Waals surface area (Å²) in [7, 11) is 0. The third-order valence-electron chi connectivity index (χ3n) is 2.93. The summed E-state index contributed by atoms with van der Waals surface area (Å²) in [6.07, 6.45) is -3.69. The summed E-state index contributed by atoms with van der Waals surface area (Å²) in [5.41, 5.74) is -0.422. The van der Waals surface area contributed by atoms with Gasteiger partial charge in [-0.15, -0.1) is 0 Å². The van der Waals surface area contributed by atoms with Crippen LogP contribution in [0.25, 0.3) is 0 Å². The molecule has 0 aliphatic heterocycles. The molecule has 1 aromatic rings. The number of benzene rings is 1. The van der Waals surface area contributed by atoms with Gasteiger partial charge in [0.15, 0.2) is 0 Å². The van der Waals surface area contributed by atoms with E-state index in [1.165, 1.54) is 12.1 Å². The molecule has 0 aliphatic rings. The van der Waals surface area contributed by atoms with E-state index in [9.17, 15) is 13.2 Å². The first-order valence-electron chi connectivity index (χ1n) is 5.93. The van der Waals surface area contributed by atoms with Crippen molar-refractivity contribution in [2.24, 2.45) is 0 Å². The predicted molar refractivity (Wildman–Crippen MR) is 64.2 cm³/mol. The van der Waals surface area contributed by atoms with Crippen LogP contribution in [0.4, 0.5) is 13.2 Å². The van der Waals surface area contributed by atoms with Gasteiger partial charge < -0.3 is 10.4 Å². The molecule has 2 N–H and O–H groups in total. The molecule has 0 amide bonds. The Morgan fingerprint density at radius 2 is 1.89 bits per heavy atom. The van der Waals surface area contributed by atoms with Crippen LogP contribution in [-0.4, -0.2) is 17.8 Å². The molecule has 0 bridgehead atoms. The zero-order chi connectivity index (χ0) is 13.8. The number of nitrogens with one attached hydrogen (secondary N) is 1. The molecule has 0 saturated heterocycles. The Hall–Kier alpha value is -1.07. The summed E-state index contributed by atoms with van der Waals surface area (Å²) in [5, 5.41) is 12.1. The van der Waals surface area contributed by atoms with E-state index in [1.807, 2.05) is 6.92 Å². The first kappa shape index (κ1) is 15.0. The van der Waals surface area contributed by atoms with Gasteiger partial charge in [-0.1, -0.05) is 25.1 Å². The summed E-state index contributed by atoms with van der Waals surface area (Å²) < 4.78 is 38.5. The molecular formula is C13H18F3NO. The van der Waals surface area contributed by atoms with Crippen LogP contribution < -0.4 is 5.32 Å². The normalized spacial score (nSPS) is 15.4. The van der Waals surface area contributed by atoms with Crippen molar-refractivity contribution in [3.8, 4) is 0 Å². The Morgan fingerprint density at radius 1 is 1.28 bits per heavy atom. The highest BCUT2D eigenvalue weighted by molar-refractivity contribution is 5.32. The second-order valence-corrected chi connectivity index (χ2v) is 4.26. The lowest BCUT2D eigenvalue weighted by molar-refractivity contribution is -0.138. The topological polar surface area (TPSA) is 32.3 Å². The maximum absolute atomic E-state index is 12.8. The van der Waals surface area contributed by atoms with E-state index >= 15 is 0 Å². The quantitative estimate of drug-likeness (QED) is 0.853. The molecule has 0 radical (unpaired) electrons. The maximum Gasteiger partial charge on any atom is 0.416 e. The van der Waals surface area contributed by atoms with Crippen LogP contribution in [0.3, 0.4) is 0 Å². The van der Waals surface area contributed by atoms with Crippen molar-refractivity contribution in [1.29, 1.82) is 0 Å². The number of rotatable bonds is 5. The lowest BCUT2D eigenvalue weighted by Crippen LogP contribution is -2.34. The van der Waals surface area contributed by atoms with Crippen LogP contribution in [0, 0.1) is 0 Å². The molecule has 2 unspecified atom stereocenters. The molecule has 1 aromatic carbocycles. The van der Waals surface area contributed by atoms with Gasteiger partial charge in [-0.05, 0) is 25.0 Å². The van der Waals surface area contributed by atoms with Crippen LogP contribution in [0.1, 0.15) is 37.4 Å².